The second-order valence-corrected chi connectivity index (χ2v) is 10.3. The van der Waals surface area contributed by atoms with Crippen LogP contribution in [0.1, 0.15) is 22.9 Å². The molecule has 0 spiro atoms. The number of halogens is 3. The average Bonchev–Trinajstić information content (AvgIpc) is 3.41. The van der Waals surface area contributed by atoms with Gasteiger partial charge in [-0.2, -0.15) is 0 Å². The first-order valence-electron chi connectivity index (χ1n) is 12.3. The molecular weight excluding hydrogens is 591 g/mol. The molecule has 9 heteroatoms. The highest BCUT2D eigenvalue weighted by molar-refractivity contribution is 9.10. The van der Waals surface area contributed by atoms with Crippen molar-refractivity contribution in [2.75, 3.05) is 6.61 Å². The van der Waals surface area contributed by atoms with Gasteiger partial charge in [-0.25, -0.2) is 4.98 Å². The van der Waals surface area contributed by atoms with Crippen LogP contribution < -0.4 is 0 Å². The van der Waals surface area contributed by atoms with E-state index < -0.39 is 24.5 Å². The van der Waals surface area contributed by atoms with E-state index in [4.69, 9.17) is 42.1 Å². The number of rotatable bonds is 11. The first-order valence-corrected chi connectivity index (χ1v) is 13.8. The van der Waals surface area contributed by atoms with Gasteiger partial charge in [0.2, 0.25) is 0 Å². The zero-order chi connectivity index (χ0) is 26.3. The number of benzene rings is 3. The molecule has 38 heavy (non-hydrogen) atoms. The third-order valence-electron chi connectivity index (χ3n) is 6.28. The first kappa shape index (κ1) is 27.3. The number of aromatic nitrogens is 2. The predicted molar refractivity (Wildman–Crippen MR) is 150 cm³/mol. The van der Waals surface area contributed by atoms with Crippen LogP contribution in [0.15, 0.2) is 95.7 Å². The van der Waals surface area contributed by atoms with Gasteiger partial charge in [-0.15, -0.1) is 0 Å². The van der Waals surface area contributed by atoms with Crippen LogP contribution in [0.25, 0.3) is 0 Å². The molecule has 5 rings (SSSR count). The van der Waals surface area contributed by atoms with Crippen molar-refractivity contribution in [2.45, 2.75) is 44.4 Å². The Morgan fingerprint density at radius 1 is 0.737 bits per heavy atom. The molecule has 0 amide bonds. The lowest BCUT2D eigenvalue weighted by Gasteiger charge is -2.26. The Balaban J connectivity index is 1.41. The summed E-state index contributed by atoms with van der Waals surface area (Å²) in [6, 6.07) is 30.0. The summed E-state index contributed by atoms with van der Waals surface area (Å²) in [6.45, 7) is 1.51. The number of hydrogen-bond donors (Lipinski definition) is 0. The van der Waals surface area contributed by atoms with E-state index in [9.17, 15) is 0 Å². The van der Waals surface area contributed by atoms with E-state index in [0.717, 1.165) is 16.7 Å². The minimum absolute atomic E-state index is 0.175. The Morgan fingerprint density at radius 2 is 1.24 bits per heavy atom. The van der Waals surface area contributed by atoms with Crippen molar-refractivity contribution in [3.63, 3.8) is 0 Å². The number of nitrogens with zero attached hydrogens (tertiary/aromatic N) is 2. The lowest BCUT2D eigenvalue weighted by molar-refractivity contribution is -0.0918. The lowest BCUT2D eigenvalue weighted by Crippen LogP contribution is -2.38. The van der Waals surface area contributed by atoms with E-state index in [0.29, 0.717) is 31.2 Å². The summed E-state index contributed by atoms with van der Waals surface area (Å²) in [5.41, 5.74) is 3.16. The van der Waals surface area contributed by atoms with E-state index in [1.54, 1.807) is 4.57 Å². The number of hydrogen-bond acceptors (Lipinski definition) is 5. The van der Waals surface area contributed by atoms with Crippen molar-refractivity contribution < 1.29 is 18.9 Å². The van der Waals surface area contributed by atoms with Gasteiger partial charge in [0.1, 0.15) is 18.3 Å². The normalized spacial score (nSPS) is 21.1. The molecule has 4 atom stereocenters. The van der Waals surface area contributed by atoms with E-state index in [2.05, 4.69) is 20.9 Å². The van der Waals surface area contributed by atoms with E-state index in [-0.39, 0.29) is 10.3 Å². The van der Waals surface area contributed by atoms with Gasteiger partial charge in [-0.05, 0) is 32.6 Å². The largest absolute Gasteiger partial charge is 0.374 e. The van der Waals surface area contributed by atoms with Crippen LogP contribution in [0.5, 0.6) is 0 Å². The monoisotopic (exact) mass is 616 g/mol. The molecule has 2 heterocycles. The van der Waals surface area contributed by atoms with Crippen LogP contribution in [-0.2, 0) is 38.8 Å². The average molecular weight is 618 g/mol. The van der Waals surface area contributed by atoms with Gasteiger partial charge in [-0.3, -0.25) is 4.57 Å². The molecule has 0 radical (unpaired) electrons. The van der Waals surface area contributed by atoms with Crippen molar-refractivity contribution in [1.82, 2.24) is 9.55 Å². The van der Waals surface area contributed by atoms with Crippen LogP contribution in [0.3, 0.4) is 0 Å². The first-order chi connectivity index (χ1) is 18.6. The maximum Gasteiger partial charge on any atom is 0.182 e. The summed E-state index contributed by atoms with van der Waals surface area (Å²) in [5.74, 6) is 0. The summed E-state index contributed by atoms with van der Waals surface area (Å²) >= 11 is 16.3. The van der Waals surface area contributed by atoms with Crippen molar-refractivity contribution in [2.24, 2.45) is 0 Å². The van der Waals surface area contributed by atoms with Gasteiger partial charge in [0.05, 0.1) is 26.4 Å². The molecular formula is C29H27BrCl2N2O4. The highest BCUT2D eigenvalue weighted by atomic mass is 79.9. The van der Waals surface area contributed by atoms with Crippen LogP contribution in [0.4, 0.5) is 0 Å². The molecule has 4 aromatic rings. The fourth-order valence-electron chi connectivity index (χ4n) is 4.41. The Hall–Kier alpha value is -2.23. The standard InChI is InChI=1S/C29H27BrCl2N2O4/c30-29-33-26(31)27(32)34(29)28-25(37-18-22-14-8-3-9-15-22)24(36-17-21-12-6-2-7-13-21)23(38-28)19-35-16-20-10-4-1-5-11-20/h1-15,23-25,28H,16-19H2/t23-,24-,25+,28-/m1/s1. The molecule has 198 valence electrons. The zero-order valence-corrected chi connectivity index (χ0v) is 23.6. The van der Waals surface area contributed by atoms with Gasteiger partial charge in [0.15, 0.2) is 21.3 Å². The van der Waals surface area contributed by atoms with Gasteiger partial charge in [0, 0.05) is 0 Å². The molecule has 0 unspecified atom stereocenters. The second-order valence-electron chi connectivity index (χ2n) is 8.92. The summed E-state index contributed by atoms with van der Waals surface area (Å²) in [4.78, 5) is 4.26. The minimum atomic E-state index is -0.647. The summed E-state index contributed by atoms with van der Waals surface area (Å²) in [5, 5.41) is 0.430. The van der Waals surface area contributed by atoms with Gasteiger partial charge >= 0.3 is 0 Å². The molecule has 1 aliphatic rings. The van der Waals surface area contributed by atoms with Crippen LogP contribution in [0, 0.1) is 0 Å². The van der Waals surface area contributed by atoms with Gasteiger partial charge in [0.25, 0.3) is 0 Å². The maximum atomic E-state index is 6.56. The smallest absolute Gasteiger partial charge is 0.182 e. The Labute approximate surface area is 240 Å². The lowest BCUT2D eigenvalue weighted by atomic mass is 10.1. The Kier molecular flexibility index (Phi) is 9.51. The van der Waals surface area contributed by atoms with E-state index in [1.165, 1.54) is 0 Å². The molecule has 1 saturated heterocycles. The highest BCUT2D eigenvalue weighted by Crippen LogP contribution is 2.40. The highest BCUT2D eigenvalue weighted by Gasteiger charge is 2.48. The molecule has 0 N–H and O–H groups in total. The molecule has 1 fully saturated rings. The van der Waals surface area contributed by atoms with Crippen molar-refractivity contribution in [1.29, 1.82) is 0 Å². The maximum absolute atomic E-state index is 6.56. The molecule has 0 bridgehead atoms. The van der Waals surface area contributed by atoms with E-state index in [1.807, 2.05) is 91.0 Å². The quantitative estimate of drug-likeness (QED) is 0.178. The SMILES string of the molecule is Clc1nc(Br)n([C@@H]2O[C@H](COCc3ccccc3)[C@@H](OCc3ccccc3)[C@@H]2OCc2ccccc2)c1Cl. The Bertz CT molecular complexity index is 1290. The van der Waals surface area contributed by atoms with Gasteiger partial charge < -0.3 is 18.9 Å². The molecule has 6 nitrogen and oxygen atoms in total. The molecule has 1 aliphatic heterocycles. The van der Waals surface area contributed by atoms with Crippen molar-refractivity contribution >= 4 is 39.1 Å². The van der Waals surface area contributed by atoms with Crippen LogP contribution >= 0.6 is 39.1 Å². The molecule has 3 aromatic carbocycles. The molecule has 1 aromatic heterocycles. The third kappa shape index (κ3) is 6.66. The summed E-state index contributed by atoms with van der Waals surface area (Å²) in [7, 11) is 0. The topological polar surface area (TPSA) is 54.7 Å². The second kappa shape index (κ2) is 13.2. The zero-order valence-electron chi connectivity index (χ0n) is 20.5. The van der Waals surface area contributed by atoms with Crippen LogP contribution in [0.2, 0.25) is 10.3 Å². The summed E-state index contributed by atoms with van der Waals surface area (Å²) in [6.07, 6.45) is -2.06. The fourth-order valence-corrected chi connectivity index (χ4v) is 5.56. The van der Waals surface area contributed by atoms with Crippen molar-refractivity contribution in [3.05, 3.63) is 123 Å². The molecule has 0 aliphatic carbocycles. The summed E-state index contributed by atoms with van der Waals surface area (Å²) < 4.78 is 27.7. The van der Waals surface area contributed by atoms with Crippen LogP contribution in [-0.4, -0.2) is 34.5 Å². The van der Waals surface area contributed by atoms with Crippen molar-refractivity contribution in [3.8, 4) is 0 Å². The third-order valence-corrected chi connectivity index (χ3v) is 7.56. The Morgan fingerprint density at radius 3 is 1.74 bits per heavy atom. The molecule has 0 saturated carbocycles. The fraction of sp³-hybridized carbons (Fsp3) is 0.276. The predicted octanol–water partition coefficient (Wildman–Crippen LogP) is 7.24. The van der Waals surface area contributed by atoms with E-state index >= 15 is 0 Å². The number of ether oxygens (including phenoxy) is 4. The number of imidazole rings is 1. The van der Waals surface area contributed by atoms with Gasteiger partial charge in [-0.1, -0.05) is 114 Å². The minimum Gasteiger partial charge on any atom is -0.374 e.